The molecule has 0 rings (SSSR count). The molecular weight excluding hydrogens is 90.1 g/mol. The van der Waals surface area contributed by atoms with E-state index in [1.54, 1.807) is 6.92 Å². The Morgan fingerprint density at radius 1 is 2.00 bits per heavy atom. The highest BCUT2D eigenvalue weighted by atomic mass is 16.3. The topological polar surface area (TPSA) is 46.2 Å². The summed E-state index contributed by atoms with van der Waals surface area (Å²) < 4.78 is 0. The second kappa shape index (κ2) is 1.97. The van der Waals surface area contributed by atoms with Gasteiger partial charge in [-0.25, -0.2) is 0 Å². The molecule has 0 saturated carbocycles. The van der Waals surface area contributed by atoms with Gasteiger partial charge in [0.2, 0.25) is 0 Å². The molecule has 2 heteroatoms. The van der Waals surface area contributed by atoms with Crippen molar-refractivity contribution in [2.45, 2.75) is 12.5 Å². The van der Waals surface area contributed by atoms with Crippen LogP contribution >= 0.6 is 0 Å². The van der Waals surface area contributed by atoms with Crippen LogP contribution in [0.2, 0.25) is 0 Å². The van der Waals surface area contributed by atoms with E-state index in [0.29, 0.717) is 0 Å². The van der Waals surface area contributed by atoms with E-state index in [1.807, 2.05) is 0 Å². The van der Waals surface area contributed by atoms with E-state index in [4.69, 9.17) is 17.3 Å². The molecule has 7 heavy (non-hydrogen) atoms. The molecule has 0 bridgehead atoms. The van der Waals surface area contributed by atoms with E-state index in [9.17, 15) is 0 Å². The third-order valence-electron chi connectivity index (χ3n) is 0.658. The van der Waals surface area contributed by atoms with Crippen LogP contribution in [0.4, 0.5) is 0 Å². The van der Waals surface area contributed by atoms with Gasteiger partial charge in [0, 0.05) is 0 Å². The Morgan fingerprint density at radius 2 is 2.43 bits per heavy atom. The molecule has 0 amide bonds. The first-order valence-corrected chi connectivity index (χ1v) is 2.00. The fraction of sp³-hybridized carbons (Fsp3) is 0.600. The monoisotopic (exact) mass is 99.1 g/mol. The number of rotatable bonds is 1. The van der Waals surface area contributed by atoms with E-state index in [2.05, 4.69) is 5.92 Å². The quantitative estimate of drug-likeness (QED) is 0.428. The molecule has 0 aliphatic heterocycles. The van der Waals surface area contributed by atoms with Crippen molar-refractivity contribution in [3.63, 3.8) is 0 Å². The van der Waals surface area contributed by atoms with Crippen molar-refractivity contribution < 1.29 is 5.11 Å². The van der Waals surface area contributed by atoms with Gasteiger partial charge in [-0.3, -0.25) is 0 Å². The third-order valence-corrected chi connectivity index (χ3v) is 0.658. The summed E-state index contributed by atoms with van der Waals surface area (Å²) in [6.07, 6.45) is 4.88. The Labute approximate surface area is 43.3 Å². The first-order chi connectivity index (χ1) is 3.12. The SMILES string of the molecule is C#CC(C)(N)CO. The fourth-order valence-electron chi connectivity index (χ4n) is 0.0456. The standard InChI is InChI=1S/C5H9NO/c1-3-5(2,6)4-7/h1,7H,4,6H2,2H3. The van der Waals surface area contributed by atoms with Crippen molar-refractivity contribution in [3.8, 4) is 12.3 Å². The van der Waals surface area contributed by atoms with Crippen LogP contribution in [-0.4, -0.2) is 17.3 Å². The van der Waals surface area contributed by atoms with Crippen molar-refractivity contribution in [2.75, 3.05) is 6.61 Å². The second-order valence-corrected chi connectivity index (χ2v) is 1.72. The lowest BCUT2D eigenvalue weighted by atomic mass is 10.1. The Kier molecular flexibility index (Phi) is 1.82. The Morgan fingerprint density at radius 3 is 2.43 bits per heavy atom. The summed E-state index contributed by atoms with van der Waals surface area (Å²) in [4.78, 5) is 0. The molecule has 0 spiro atoms. The number of aliphatic hydroxyl groups is 1. The summed E-state index contributed by atoms with van der Waals surface area (Å²) in [7, 11) is 0. The van der Waals surface area contributed by atoms with Crippen LogP contribution in [0.3, 0.4) is 0 Å². The fourth-order valence-corrected chi connectivity index (χ4v) is 0.0456. The molecule has 0 aromatic carbocycles. The lowest BCUT2D eigenvalue weighted by Gasteiger charge is -2.11. The number of terminal acetylenes is 1. The van der Waals surface area contributed by atoms with Gasteiger partial charge in [0.15, 0.2) is 0 Å². The highest BCUT2D eigenvalue weighted by molar-refractivity contribution is 5.07. The van der Waals surface area contributed by atoms with E-state index in [1.165, 1.54) is 0 Å². The Bertz CT molecular complexity index is 90.7. The molecule has 0 fully saturated rings. The van der Waals surface area contributed by atoms with Gasteiger partial charge in [0.1, 0.15) is 0 Å². The summed E-state index contributed by atoms with van der Waals surface area (Å²) >= 11 is 0. The second-order valence-electron chi connectivity index (χ2n) is 1.72. The first kappa shape index (κ1) is 6.48. The van der Waals surface area contributed by atoms with Gasteiger partial charge >= 0.3 is 0 Å². The maximum absolute atomic E-state index is 8.33. The van der Waals surface area contributed by atoms with Crippen LogP contribution in [0.1, 0.15) is 6.92 Å². The zero-order valence-corrected chi connectivity index (χ0v) is 4.31. The number of nitrogens with two attached hydrogens (primary N) is 1. The van der Waals surface area contributed by atoms with Gasteiger partial charge < -0.3 is 10.8 Å². The maximum atomic E-state index is 8.33. The molecule has 40 valence electrons. The number of aliphatic hydroxyl groups excluding tert-OH is 1. The van der Waals surface area contributed by atoms with Crippen molar-refractivity contribution in [1.29, 1.82) is 0 Å². The third kappa shape index (κ3) is 2.21. The van der Waals surface area contributed by atoms with Gasteiger partial charge in [-0.15, -0.1) is 6.42 Å². The number of hydrogen-bond donors (Lipinski definition) is 2. The largest absolute Gasteiger partial charge is 0.393 e. The number of hydrogen-bond acceptors (Lipinski definition) is 2. The van der Waals surface area contributed by atoms with E-state index in [0.717, 1.165) is 0 Å². The molecule has 0 aromatic heterocycles. The minimum Gasteiger partial charge on any atom is -0.393 e. The molecule has 1 atom stereocenters. The zero-order chi connectivity index (χ0) is 5.91. The normalized spacial score (nSPS) is 17.4. The summed E-state index contributed by atoms with van der Waals surface area (Å²) in [6.45, 7) is 1.43. The van der Waals surface area contributed by atoms with Crippen LogP contribution in [0.5, 0.6) is 0 Å². The Hall–Kier alpha value is -0.520. The smallest absolute Gasteiger partial charge is 0.0978 e. The minimum atomic E-state index is -0.833. The molecule has 0 saturated heterocycles. The van der Waals surface area contributed by atoms with Crippen LogP contribution in [-0.2, 0) is 0 Å². The van der Waals surface area contributed by atoms with Crippen LogP contribution in [0, 0.1) is 12.3 Å². The molecule has 0 aliphatic carbocycles. The van der Waals surface area contributed by atoms with Gasteiger partial charge in [0.05, 0.1) is 12.1 Å². The molecule has 0 aliphatic rings. The maximum Gasteiger partial charge on any atom is 0.0978 e. The van der Waals surface area contributed by atoms with Gasteiger partial charge in [-0.05, 0) is 6.92 Å². The van der Waals surface area contributed by atoms with Gasteiger partial charge in [-0.1, -0.05) is 5.92 Å². The van der Waals surface area contributed by atoms with Crippen molar-refractivity contribution in [3.05, 3.63) is 0 Å². The lowest BCUT2D eigenvalue weighted by molar-refractivity contribution is 0.243. The van der Waals surface area contributed by atoms with Crippen molar-refractivity contribution >= 4 is 0 Å². The van der Waals surface area contributed by atoms with Crippen LogP contribution in [0.25, 0.3) is 0 Å². The first-order valence-electron chi connectivity index (χ1n) is 2.00. The zero-order valence-electron chi connectivity index (χ0n) is 4.31. The Balaban J connectivity index is 3.66. The molecule has 0 aromatic rings. The van der Waals surface area contributed by atoms with Gasteiger partial charge in [-0.2, -0.15) is 0 Å². The molecule has 1 unspecified atom stereocenters. The van der Waals surface area contributed by atoms with Crippen molar-refractivity contribution in [2.24, 2.45) is 5.73 Å². The van der Waals surface area contributed by atoms with E-state index in [-0.39, 0.29) is 6.61 Å². The summed E-state index contributed by atoms with van der Waals surface area (Å²) in [5, 5.41) is 8.33. The molecule has 0 heterocycles. The van der Waals surface area contributed by atoms with Crippen LogP contribution < -0.4 is 5.73 Å². The molecular formula is C5H9NO. The predicted octanol–water partition coefficient (Wildman–Crippen LogP) is -0.671. The average Bonchev–Trinajstić information content (AvgIpc) is 1.68. The summed E-state index contributed by atoms with van der Waals surface area (Å²) in [5.74, 6) is 2.22. The molecule has 3 N–H and O–H groups in total. The van der Waals surface area contributed by atoms with Crippen LogP contribution in [0.15, 0.2) is 0 Å². The highest BCUT2D eigenvalue weighted by Gasteiger charge is 2.10. The highest BCUT2D eigenvalue weighted by Crippen LogP contribution is 1.90. The molecule has 0 radical (unpaired) electrons. The van der Waals surface area contributed by atoms with E-state index < -0.39 is 5.54 Å². The summed E-state index contributed by atoms with van der Waals surface area (Å²) in [5.41, 5.74) is 4.40. The van der Waals surface area contributed by atoms with Gasteiger partial charge in [0.25, 0.3) is 0 Å². The minimum absolute atomic E-state index is 0.163. The molecule has 2 nitrogen and oxygen atoms in total. The summed E-state index contributed by atoms with van der Waals surface area (Å²) in [6, 6.07) is 0. The predicted molar refractivity (Wildman–Crippen MR) is 28.5 cm³/mol. The lowest BCUT2D eigenvalue weighted by Crippen LogP contribution is -2.37. The van der Waals surface area contributed by atoms with Crippen molar-refractivity contribution in [1.82, 2.24) is 0 Å². The van der Waals surface area contributed by atoms with E-state index >= 15 is 0 Å². The average molecular weight is 99.1 g/mol.